The molecule has 0 N–H and O–H groups in total. The number of rotatable bonds is 5. The Kier molecular flexibility index (Phi) is 5.47. The van der Waals surface area contributed by atoms with Crippen molar-refractivity contribution in [2.75, 3.05) is 20.2 Å². The molecular formula is C25H31N3O2. The second-order valence-corrected chi connectivity index (χ2v) is 9.20. The molecule has 1 amide bonds. The zero-order chi connectivity index (χ0) is 20.5. The number of carbonyl (C=O) groups excluding carboxylic acids is 1. The number of nitrogens with zero attached hydrogens (tertiary/aromatic N) is 3. The number of aromatic nitrogens is 1. The highest BCUT2D eigenvalue weighted by molar-refractivity contribution is 5.78. The van der Waals surface area contributed by atoms with Crippen LogP contribution in [0.15, 0.2) is 48.8 Å². The monoisotopic (exact) mass is 405 g/mol. The lowest BCUT2D eigenvalue weighted by molar-refractivity contribution is -0.152. The molecule has 3 aliphatic rings. The van der Waals surface area contributed by atoms with Crippen LogP contribution in [-0.4, -0.2) is 53.0 Å². The van der Waals surface area contributed by atoms with Gasteiger partial charge >= 0.3 is 0 Å². The lowest BCUT2D eigenvalue weighted by Crippen LogP contribution is -2.65. The van der Waals surface area contributed by atoms with E-state index < -0.39 is 0 Å². The summed E-state index contributed by atoms with van der Waals surface area (Å²) < 4.78 is 5.36. The number of carbonyl (C=O) groups is 1. The van der Waals surface area contributed by atoms with Crippen LogP contribution in [-0.2, 0) is 17.8 Å². The van der Waals surface area contributed by atoms with Crippen LogP contribution in [0.5, 0.6) is 5.75 Å². The first kappa shape index (κ1) is 19.6. The van der Waals surface area contributed by atoms with Crippen LogP contribution in [0.25, 0.3) is 0 Å². The van der Waals surface area contributed by atoms with E-state index >= 15 is 0 Å². The summed E-state index contributed by atoms with van der Waals surface area (Å²) in [4.78, 5) is 22.2. The fourth-order valence-electron chi connectivity index (χ4n) is 6.04. The Morgan fingerprint density at radius 3 is 2.77 bits per heavy atom. The van der Waals surface area contributed by atoms with Gasteiger partial charge in [0.15, 0.2) is 0 Å². The predicted molar refractivity (Wildman–Crippen MR) is 116 cm³/mol. The number of ether oxygens (including phenoxy) is 1. The van der Waals surface area contributed by atoms with Gasteiger partial charge in [-0.1, -0.05) is 30.3 Å². The zero-order valence-corrected chi connectivity index (χ0v) is 17.7. The van der Waals surface area contributed by atoms with E-state index in [-0.39, 0.29) is 0 Å². The molecule has 0 spiro atoms. The quantitative estimate of drug-likeness (QED) is 0.763. The summed E-state index contributed by atoms with van der Waals surface area (Å²) in [5, 5.41) is 0. The average Bonchev–Trinajstić information content (AvgIpc) is 2.77. The first-order chi connectivity index (χ1) is 14.7. The summed E-state index contributed by atoms with van der Waals surface area (Å²) >= 11 is 0. The normalized spacial score (nSPS) is 28.8. The summed E-state index contributed by atoms with van der Waals surface area (Å²) in [7, 11) is 1.69. The summed E-state index contributed by atoms with van der Waals surface area (Å²) in [6.45, 7) is 3.01. The van der Waals surface area contributed by atoms with Gasteiger partial charge in [0, 0.05) is 44.3 Å². The highest BCUT2D eigenvalue weighted by Crippen LogP contribution is 2.42. The molecule has 5 rings (SSSR count). The molecular weight excluding hydrogens is 374 g/mol. The van der Waals surface area contributed by atoms with Crippen LogP contribution in [0.4, 0.5) is 0 Å². The highest BCUT2D eigenvalue weighted by Gasteiger charge is 2.49. The van der Waals surface area contributed by atoms with E-state index in [1.54, 1.807) is 13.3 Å². The second-order valence-electron chi connectivity index (χ2n) is 9.20. The van der Waals surface area contributed by atoms with Crippen LogP contribution in [0.3, 0.4) is 0 Å². The molecule has 3 aliphatic heterocycles. The summed E-state index contributed by atoms with van der Waals surface area (Å²) in [6.07, 6.45) is 8.84. The molecule has 5 heteroatoms. The summed E-state index contributed by atoms with van der Waals surface area (Å²) in [5.74, 6) is 2.31. The van der Waals surface area contributed by atoms with E-state index in [1.807, 2.05) is 6.20 Å². The van der Waals surface area contributed by atoms with Crippen molar-refractivity contribution in [3.05, 3.63) is 59.9 Å². The molecule has 4 atom stereocenters. The van der Waals surface area contributed by atoms with Gasteiger partial charge in [-0.25, -0.2) is 0 Å². The lowest BCUT2D eigenvalue weighted by Gasteiger charge is -2.57. The minimum Gasteiger partial charge on any atom is -0.495 e. The topological polar surface area (TPSA) is 45.7 Å². The molecule has 2 aromatic rings. The standard InChI is InChI=1S/C25H31N3O2/c1-30-22-10-19(13-26-14-22)15-27-16-20-12-21(17-27)24(11-18-6-3-2-4-7-18)28-23(20)8-5-9-25(28)29/h2-4,6-7,10,13-14,20-21,23-24H,5,8-9,11-12,15-17H2,1H3/t20-,21+,23+,24+/m1/s1. The number of hydrogen-bond acceptors (Lipinski definition) is 4. The van der Waals surface area contributed by atoms with Crippen molar-refractivity contribution in [2.24, 2.45) is 11.8 Å². The molecule has 2 bridgehead atoms. The average molecular weight is 406 g/mol. The van der Waals surface area contributed by atoms with E-state index in [0.29, 0.717) is 29.8 Å². The Bertz CT molecular complexity index is 887. The number of pyridine rings is 1. The van der Waals surface area contributed by atoms with E-state index in [0.717, 1.165) is 51.1 Å². The van der Waals surface area contributed by atoms with Crippen molar-refractivity contribution in [1.29, 1.82) is 0 Å². The first-order valence-electron chi connectivity index (χ1n) is 11.3. The number of benzene rings is 1. The number of amides is 1. The molecule has 1 aromatic carbocycles. The molecule has 4 heterocycles. The molecule has 0 aliphatic carbocycles. The molecule has 3 fully saturated rings. The molecule has 5 nitrogen and oxygen atoms in total. The fraction of sp³-hybridized carbons (Fsp3) is 0.520. The zero-order valence-electron chi connectivity index (χ0n) is 17.7. The summed E-state index contributed by atoms with van der Waals surface area (Å²) in [6, 6.07) is 13.5. The van der Waals surface area contributed by atoms with Gasteiger partial charge < -0.3 is 9.64 Å². The SMILES string of the molecule is COc1cncc(CN2C[C@H]3C[C@@H](C2)[C@H](Cc2ccccc2)N2C(=O)CCC[C@@H]32)c1. The maximum Gasteiger partial charge on any atom is 0.223 e. The van der Waals surface area contributed by atoms with Crippen LogP contribution in [0.2, 0.25) is 0 Å². The Labute approximate surface area is 179 Å². The molecule has 0 saturated carbocycles. The number of piperidine rings is 3. The molecule has 158 valence electrons. The lowest BCUT2D eigenvalue weighted by atomic mass is 9.70. The van der Waals surface area contributed by atoms with Gasteiger partial charge in [-0.05, 0) is 54.7 Å². The van der Waals surface area contributed by atoms with Crippen LogP contribution in [0, 0.1) is 11.8 Å². The molecule has 30 heavy (non-hydrogen) atoms. The van der Waals surface area contributed by atoms with Gasteiger partial charge in [0.05, 0.1) is 13.3 Å². The molecule has 0 radical (unpaired) electrons. The van der Waals surface area contributed by atoms with Crippen molar-refractivity contribution in [1.82, 2.24) is 14.8 Å². The minimum atomic E-state index is 0.313. The van der Waals surface area contributed by atoms with Gasteiger partial charge in [-0.2, -0.15) is 0 Å². The second kappa shape index (κ2) is 8.38. The molecule has 0 unspecified atom stereocenters. The smallest absolute Gasteiger partial charge is 0.223 e. The largest absolute Gasteiger partial charge is 0.495 e. The van der Waals surface area contributed by atoms with Crippen molar-refractivity contribution < 1.29 is 9.53 Å². The number of fused-ring (bicyclic) bond motifs is 4. The van der Waals surface area contributed by atoms with Crippen molar-refractivity contribution >= 4 is 5.91 Å². The molecule has 1 aromatic heterocycles. The Balaban J connectivity index is 1.39. The van der Waals surface area contributed by atoms with Gasteiger partial charge in [0.25, 0.3) is 0 Å². The van der Waals surface area contributed by atoms with E-state index in [1.165, 1.54) is 17.5 Å². The highest BCUT2D eigenvalue weighted by atomic mass is 16.5. The Morgan fingerprint density at radius 1 is 1.10 bits per heavy atom. The van der Waals surface area contributed by atoms with Crippen molar-refractivity contribution in [2.45, 2.75) is 50.7 Å². The third kappa shape index (κ3) is 3.83. The third-order valence-corrected chi connectivity index (χ3v) is 7.27. The predicted octanol–water partition coefficient (Wildman–Crippen LogP) is 3.53. The number of hydrogen-bond donors (Lipinski definition) is 0. The van der Waals surface area contributed by atoms with Crippen molar-refractivity contribution in [3.63, 3.8) is 0 Å². The Hall–Kier alpha value is -2.40. The van der Waals surface area contributed by atoms with Gasteiger partial charge in [0.2, 0.25) is 5.91 Å². The van der Waals surface area contributed by atoms with Crippen LogP contribution < -0.4 is 4.74 Å². The van der Waals surface area contributed by atoms with E-state index in [9.17, 15) is 4.79 Å². The van der Waals surface area contributed by atoms with E-state index in [2.05, 4.69) is 51.2 Å². The maximum absolute atomic E-state index is 13.0. The first-order valence-corrected chi connectivity index (χ1v) is 11.3. The van der Waals surface area contributed by atoms with E-state index in [4.69, 9.17) is 4.74 Å². The van der Waals surface area contributed by atoms with Crippen molar-refractivity contribution in [3.8, 4) is 5.75 Å². The fourth-order valence-corrected chi connectivity index (χ4v) is 6.04. The van der Waals surface area contributed by atoms with Crippen LogP contribution in [0.1, 0.15) is 36.8 Å². The Morgan fingerprint density at radius 2 is 1.93 bits per heavy atom. The van der Waals surface area contributed by atoms with Gasteiger partial charge in [0.1, 0.15) is 5.75 Å². The number of methoxy groups -OCH3 is 1. The van der Waals surface area contributed by atoms with Gasteiger partial charge in [-0.15, -0.1) is 0 Å². The third-order valence-electron chi connectivity index (χ3n) is 7.27. The number of likely N-dealkylation sites (tertiary alicyclic amines) is 1. The minimum absolute atomic E-state index is 0.313. The van der Waals surface area contributed by atoms with Gasteiger partial charge in [-0.3, -0.25) is 14.7 Å². The van der Waals surface area contributed by atoms with Crippen LogP contribution >= 0.6 is 0 Å². The molecule has 3 saturated heterocycles. The maximum atomic E-state index is 13.0. The summed E-state index contributed by atoms with van der Waals surface area (Å²) in [5.41, 5.74) is 2.54.